The molecule has 0 saturated carbocycles. The summed E-state index contributed by atoms with van der Waals surface area (Å²) in [5, 5.41) is 2.47. The zero-order chi connectivity index (χ0) is 10.9. The first-order valence-corrected chi connectivity index (χ1v) is 5.76. The number of thiocarbonyl (C=S) groups is 1. The summed E-state index contributed by atoms with van der Waals surface area (Å²) in [5.41, 5.74) is 1.13. The molecule has 0 N–H and O–H groups in total. The quantitative estimate of drug-likeness (QED) is 0.414. The Kier molecular flexibility index (Phi) is 5.83. The van der Waals surface area contributed by atoms with Crippen molar-refractivity contribution < 1.29 is 0 Å². The van der Waals surface area contributed by atoms with Gasteiger partial charge in [-0.15, -0.1) is 0 Å². The summed E-state index contributed by atoms with van der Waals surface area (Å²) in [7, 11) is 0. The highest BCUT2D eigenvalue weighted by atomic mass is 32.1. The third kappa shape index (κ3) is 4.32. The van der Waals surface area contributed by atoms with E-state index in [2.05, 4.69) is 34.3 Å². The maximum absolute atomic E-state index is 4.67. The molecule has 1 aromatic rings. The van der Waals surface area contributed by atoms with Crippen LogP contribution < -0.4 is 0 Å². The Labute approximate surface area is 96.5 Å². The van der Waals surface area contributed by atoms with Crippen LogP contribution >= 0.6 is 12.2 Å². The summed E-state index contributed by atoms with van der Waals surface area (Å²) in [6.07, 6.45) is 8.30. The van der Waals surface area contributed by atoms with Gasteiger partial charge in [-0.2, -0.15) is 0 Å². The van der Waals surface area contributed by atoms with Crippen molar-refractivity contribution in [2.75, 3.05) is 0 Å². The van der Waals surface area contributed by atoms with E-state index >= 15 is 0 Å². The Morgan fingerprint density at radius 2 is 2.40 bits per heavy atom. The molecule has 0 saturated heterocycles. The van der Waals surface area contributed by atoms with Crippen molar-refractivity contribution in [1.82, 2.24) is 4.98 Å². The van der Waals surface area contributed by atoms with Gasteiger partial charge in [0, 0.05) is 12.4 Å². The Morgan fingerprint density at radius 1 is 1.53 bits per heavy atom. The lowest BCUT2D eigenvalue weighted by Gasteiger charge is -2.09. The number of aliphatic imine (C=N–C) groups is 1. The minimum absolute atomic E-state index is 0.141. The second-order valence-corrected chi connectivity index (χ2v) is 3.70. The number of hydrogen-bond donors (Lipinski definition) is 0. The van der Waals surface area contributed by atoms with Crippen molar-refractivity contribution in [3.63, 3.8) is 0 Å². The molecule has 1 aromatic heterocycles. The lowest BCUT2D eigenvalue weighted by Crippen LogP contribution is -1.96. The van der Waals surface area contributed by atoms with Gasteiger partial charge in [-0.3, -0.25) is 4.98 Å². The average molecular weight is 220 g/mol. The molecular formula is C12H16N2S. The molecule has 0 aromatic carbocycles. The summed E-state index contributed by atoms with van der Waals surface area (Å²) < 4.78 is 0. The first kappa shape index (κ1) is 12.0. The predicted molar refractivity (Wildman–Crippen MR) is 66.1 cm³/mol. The van der Waals surface area contributed by atoms with E-state index < -0.39 is 0 Å². The SMILES string of the molecule is CCCCCC(N=C=S)c1cccnc1. The summed E-state index contributed by atoms with van der Waals surface area (Å²) in [4.78, 5) is 8.29. The number of nitrogens with zero attached hydrogens (tertiary/aromatic N) is 2. The zero-order valence-electron chi connectivity index (χ0n) is 9.02. The number of hydrogen-bond acceptors (Lipinski definition) is 3. The fourth-order valence-corrected chi connectivity index (χ4v) is 1.66. The van der Waals surface area contributed by atoms with Crippen LogP contribution in [0.4, 0.5) is 0 Å². The molecule has 0 bridgehead atoms. The van der Waals surface area contributed by atoms with E-state index in [-0.39, 0.29) is 6.04 Å². The summed E-state index contributed by atoms with van der Waals surface area (Å²) >= 11 is 4.67. The second kappa shape index (κ2) is 7.27. The van der Waals surface area contributed by atoms with Crippen LogP contribution in [-0.2, 0) is 0 Å². The molecular weight excluding hydrogens is 204 g/mol. The summed E-state index contributed by atoms with van der Waals surface area (Å²) in [6.45, 7) is 2.20. The Morgan fingerprint density at radius 3 is 3.00 bits per heavy atom. The minimum Gasteiger partial charge on any atom is -0.264 e. The highest BCUT2D eigenvalue weighted by Crippen LogP contribution is 2.22. The van der Waals surface area contributed by atoms with Crippen molar-refractivity contribution in [3.05, 3.63) is 30.1 Å². The van der Waals surface area contributed by atoms with Crippen molar-refractivity contribution in [1.29, 1.82) is 0 Å². The Bertz CT molecular complexity index is 318. The molecule has 0 amide bonds. The van der Waals surface area contributed by atoms with E-state index in [0.717, 1.165) is 12.0 Å². The number of rotatable bonds is 6. The maximum atomic E-state index is 4.67. The number of unbranched alkanes of at least 4 members (excludes halogenated alkanes) is 2. The van der Waals surface area contributed by atoms with Crippen molar-refractivity contribution in [2.24, 2.45) is 4.99 Å². The van der Waals surface area contributed by atoms with E-state index in [4.69, 9.17) is 0 Å². The third-order valence-corrected chi connectivity index (χ3v) is 2.46. The van der Waals surface area contributed by atoms with Crippen LogP contribution in [0.3, 0.4) is 0 Å². The molecule has 0 radical (unpaired) electrons. The molecule has 1 rings (SSSR count). The van der Waals surface area contributed by atoms with E-state index in [0.29, 0.717) is 0 Å². The second-order valence-electron chi connectivity index (χ2n) is 3.52. The van der Waals surface area contributed by atoms with Gasteiger partial charge >= 0.3 is 0 Å². The van der Waals surface area contributed by atoms with Crippen LogP contribution in [0.25, 0.3) is 0 Å². The third-order valence-electron chi connectivity index (χ3n) is 2.36. The molecule has 3 heteroatoms. The van der Waals surface area contributed by atoms with E-state index in [9.17, 15) is 0 Å². The fraction of sp³-hybridized carbons (Fsp3) is 0.500. The smallest absolute Gasteiger partial charge is 0.0867 e. The van der Waals surface area contributed by atoms with Gasteiger partial charge in [0.2, 0.25) is 0 Å². The summed E-state index contributed by atoms with van der Waals surface area (Å²) in [5.74, 6) is 0. The molecule has 0 aliphatic rings. The standard InChI is InChI=1S/C12H16N2S/c1-2-3-4-7-12(14-10-15)11-6-5-8-13-9-11/h5-6,8-9,12H,2-4,7H2,1H3. The molecule has 1 unspecified atom stereocenters. The first-order chi connectivity index (χ1) is 7.38. The Balaban J connectivity index is 2.62. The monoisotopic (exact) mass is 220 g/mol. The minimum atomic E-state index is 0.141. The molecule has 0 aliphatic heterocycles. The van der Waals surface area contributed by atoms with Gasteiger partial charge in [-0.25, -0.2) is 4.99 Å². The first-order valence-electron chi connectivity index (χ1n) is 5.35. The summed E-state index contributed by atoms with van der Waals surface area (Å²) in [6, 6.07) is 4.11. The number of aromatic nitrogens is 1. The maximum Gasteiger partial charge on any atom is 0.0867 e. The van der Waals surface area contributed by atoms with Crippen LogP contribution in [0, 0.1) is 0 Å². The zero-order valence-corrected chi connectivity index (χ0v) is 9.83. The molecule has 0 fully saturated rings. The van der Waals surface area contributed by atoms with E-state index in [1.165, 1.54) is 19.3 Å². The van der Waals surface area contributed by atoms with Gasteiger partial charge in [0.25, 0.3) is 0 Å². The molecule has 1 atom stereocenters. The van der Waals surface area contributed by atoms with Crippen LogP contribution in [0.2, 0.25) is 0 Å². The molecule has 0 spiro atoms. The predicted octanol–water partition coefficient (Wildman–Crippen LogP) is 3.81. The lowest BCUT2D eigenvalue weighted by molar-refractivity contribution is 0.584. The number of pyridine rings is 1. The highest BCUT2D eigenvalue weighted by Gasteiger charge is 2.08. The lowest BCUT2D eigenvalue weighted by atomic mass is 10.0. The van der Waals surface area contributed by atoms with Crippen LogP contribution in [0.1, 0.15) is 44.2 Å². The van der Waals surface area contributed by atoms with Crippen molar-refractivity contribution >= 4 is 17.4 Å². The van der Waals surface area contributed by atoms with E-state index in [1.807, 2.05) is 18.3 Å². The topological polar surface area (TPSA) is 25.2 Å². The molecule has 2 nitrogen and oxygen atoms in total. The molecule has 80 valence electrons. The molecule has 0 aliphatic carbocycles. The largest absolute Gasteiger partial charge is 0.264 e. The molecule has 1 heterocycles. The highest BCUT2D eigenvalue weighted by molar-refractivity contribution is 7.78. The van der Waals surface area contributed by atoms with Gasteiger partial charge in [0.05, 0.1) is 11.2 Å². The number of isothiocyanates is 1. The fourth-order valence-electron chi connectivity index (χ4n) is 1.53. The Hall–Kier alpha value is -1.05. The average Bonchev–Trinajstić information content (AvgIpc) is 2.29. The van der Waals surface area contributed by atoms with E-state index in [1.54, 1.807) is 6.20 Å². The normalized spacial score (nSPS) is 11.8. The van der Waals surface area contributed by atoms with Gasteiger partial charge in [-0.1, -0.05) is 32.3 Å². The molecule has 15 heavy (non-hydrogen) atoms. The van der Waals surface area contributed by atoms with Crippen LogP contribution in [0.5, 0.6) is 0 Å². The van der Waals surface area contributed by atoms with Crippen molar-refractivity contribution in [2.45, 2.75) is 38.6 Å². The van der Waals surface area contributed by atoms with Crippen molar-refractivity contribution in [3.8, 4) is 0 Å². The van der Waals surface area contributed by atoms with Gasteiger partial charge in [-0.05, 0) is 30.3 Å². The van der Waals surface area contributed by atoms with Crippen LogP contribution in [-0.4, -0.2) is 10.1 Å². The van der Waals surface area contributed by atoms with Gasteiger partial charge < -0.3 is 0 Å². The van der Waals surface area contributed by atoms with Crippen LogP contribution in [0.15, 0.2) is 29.5 Å². The van der Waals surface area contributed by atoms with Gasteiger partial charge in [0.15, 0.2) is 0 Å². The van der Waals surface area contributed by atoms with Gasteiger partial charge in [0.1, 0.15) is 0 Å².